The van der Waals surface area contributed by atoms with E-state index in [4.69, 9.17) is 0 Å². The molecule has 0 aliphatic heterocycles. The molecule has 0 bridgehead atoms. The highest BCUT2D eigenvalue weighted by atomic mass is 19.4. The van der Waals surface area contributed by atoms with Gasteiger partial charge in [0, 0.05) is 6.04 Å². The van der Waals surface area contributed by atoms with E-state index < -0.39 is 17.6 Å². The highest BCUT2D eigenvalue weighted by molar-refractivity contribution is 5.31. The number of nitrogens with one attached hydrogen (secondary N) is 1. The Bertz CT molecular complexity index is 456. The first kappa shape index (κ1) is 15.3. The Hall–Kier alpha value is -1.10. The van der Waals surface area contributed by atoms with Gasteiger partial charge in [0.1, 0.15) is 5.82 Å². The van der Waals surface area contributed by atoms with E-state index in [1.54, 1.807) is 0 Å². The predicted molar refractivity (Wildman–Crippen MR) is 70.1 cm³/mol. The molecule has 1 aliphatic carbocycles. The summed E-state index contributed by atoms with van der Waals surface area (Å²) in [5, 5.41) is 3.38. The third-order valence-corrected chi connectivity index (χ3v) is 3.90. The van der Waals surface area contributed by atoms with Crippen molar-refractivity contribution in [2.75, 3.05) is 6.54 Å². The normalized spacial score (nSPS) is 23.2. The average molecular weight is 289 g/mol. The summed E-state index contributed by atoms with van der Waals surface area (Å²) in [7, 11) is 0. The second-order valence-electron chi connectivity index (χ2n) is 5.34. The van der Waals surface area contributed by atoms with Crippen molar-refractivity contribution in [3.05, 3.63) is 35.1 Å². The van der Waals surface area contributed by atoms with Crippen molar-refractivity contribution < 1.29 is 17.6 Å². The van der Waals surface area contributed by atoms with Gasteiger partial charge in [0.05, 0.1) is 5.56 Å². The van der Waals surface area contributed by atoms with E-state index in [2.05, 4.69) is 12.2 Å². The van der Waals surface area contributed by atoms with E-state index in [0.717, 1.165) is 44.4 Å². The van der Waals surface area contributed by atoms with Crippen molar-refractivity contribution in [1.82, 2.24) is 5.32 Å². The largest absolute Gasteiger partial charge is 0.419 e. The lowest BCUT2D eigenvalue weighted by atomic mass is 9.92. The molecule has 1 N–H and O–H groups in total. The number of halogens is 4. The Morgan fingerprint density at radius 1 is 1.25 bits per heavy atom. The quantitative estimate of drug-likeness (QED) is 0.806. The van der Waals surface area contributed by atoms with E-state index in [-0.39, 0.29) is 12.0 Å². The second kappa shape index (κ2) is 6.12. The summed E-state index contributed by atoms with van der Waals surface area (Å²) in [6, 6.07) is 3.60. The number of hydrogen-bond acceptors (Lipinski definition) is 1. The molecule has 1 aromatic rings. The van der Waals surface area contributed by atoms with Gasteiger partial charge in [-0.3, -0.25) is 0 Å². The summed E-state index contributed by atoms with van der Waals surface area (Å²) < 4.78 is 51.6. The molecule has 1 aromatic carbocycles. The van der Waals surface area contributed by atoms with Gasteiger partial charge < -0.3 is 5.32 Å². The van der Waals surface area contributed by atoms with Crippen LogP contribution in [0.2, 0.25) is 0 Å². The maximum atomic E-state index is 13.3. The number of rotatable bonds is 4. The summed E-state index contributed by atoms with van der Waals surface area (Å²) in [6.45, 7) is 2.91. The first-order valence-corrected chi connectivity index (χ1v) is 7.03. The monoisotopic (exact) mass is 289 g/mol. The number of alkyl halides is 3. The third-order valence-electron chi connectivity index (χ3n) is 3.90. The molecule has 0 radical (unpaired) electrons. The zero-order chi connectivity index (χ0) is 14.8. The minimum Gasteiger partial charge on any atom is -0.313 e. The molecule has 0 saturated heterocycles. The standard InChI is InChI=1S/C15H19F4N/c1-2-8-20-14-5-3-4-11(14)10-6-7-13(16)12(9-10)15(17,18)19/h6-7,9,11,14,20H,2-5,8H2,1H3. The van der Waals surface area contributed by atoms with Crippen LogP contribution in [-0.4, -0.2) is 12.6 Å². The third kappa shape index (κ3) is 3.32. The van der Waals surface area contributed by atoms with Crippen LogP contribution in [0.25, 0.3) is 0 Å². The van der Waals surface area contributed by atoms with E-state index in [1.807, 2.05) is 0 Å². The van der Waals surface area contributed by atoms with Crippen LogP contribution in [0.4, 0.5) is 17.6 Å². The predicted octanol–water partition coefficient (Wildman–Crippen LogP) is 4.48. The Morgan fingerprint density at radius 2 is 2.00 bits per heavy atom. The van der Waals surface area contributed by atoms with Crippen molar-refractivity contribution >= 4 is 0 Å². The van der Waals surface area contributed by atoms with Gasteiger partial charge in [-0.1, -0.05) is 19.4 Å². The molecule has 0 spiro atoms. The van der Waals surface area contributed by atoms with Crippen LogP contribution in [0, 0.1) is 5.82 Å². The lowest BCUT2D eigenvalue weighted by Gasteiger charge is -2.22. The molecular formula is C15H19F4N. The van der Waals surface area contributed by atoms with Gasteiger partial charge >= 0.3 is 6.18 Å². The first-order chi connectivity index (χ1) is 9.43. The second-order valence-corrected chi connectivity index (χ2v) is 5.34. The van der Waals surface area contributed by atoms with E-state index in [9.17, 15) is 17.6 Å². The molecule has 1 nitrogen and oxygen atoms in total. The number of hydrogen-bond donors (Lipinski definition) is 1. The molecule has 1 aliphatic rings. The Balaban J connectivity index is 2.24. The SMILES string of the molecule is CCCNC1CCCC1c1ccc(F)c(C(F)(F)F)c1. The van der Waals surface area contributed by atoms with E-state index >= 15 is 0 Å². The van der Waals surface area contributed by atoms with Crippen LogP contribution in [0.5, 0.6) is 0 Å². The molecule has 2 rings (SSSR count). The highest BCUT2D eigenvalue weighted by Gasteiger charge is 2.36. The van der Waals surface area contributed by atoms with E-state index in [1.165, 1.54) is 6.07 Å². The van der Waals surface area contributed by atoms with Gasteiger partial charge in [0.2, 0.25) is 0 Å². The fourth-order valence-corrected chi connectivity index (χ4v) is 2.92. The van der Waals surface area contributed by atoms with Crippen molar-refractivity contribution in [3.63, 3.8) is 0 Å². The van der Waals surface area contributed by atoms with Crippen LogP contribution < -0.4 is 5.32 Å². The summed E-state index contributed by atoms with van der Waals surface area (Å²) >= 11 is 0. The molecule has 20 heavy (non-hydrogen) atoms. The van der Waals surface area contributed by atoms with Gasteiger partial charge in [-0.2, -0.15) is 13.2 Å². The molecule has 0 amide bonds. The molecule has 5 heteroatoms. The van der Waals surface area contributed by atoms with Crippen LogP contribution >= 0.6 is 0 Å². The van der Waals surface area contributed by atoms with Gasteiger partial charge in [-0.05, 0) is 49.4 Å². The van der Waals surface area contributed by atoms with Gasteiger partial charge in [0.15, 0.2) is 0 Å². The van der Waals surface area contributed by atoms with Crippen molar-refractivity contribution in [3.8, 4) is 0 Å². The topological polar surface area (TPSA) is 12.0 Å². The molecule has 1 fully saturated rings. The fourth-order valence-electron chi connectivity index (χ4n) is 2.92. The van der Waals surface area contributed by atoms with E-state index in [0.29, 0.717) is 5.56 Å². The van der Waals surface area contributed by atoms with Gasteiger partial charge in [-0.25, -0.2) is 4.39 Å². The summed E-state index contributed by atoms with van der Waals surface area (Å²) in [6.07, 6.45) is -0.843. The van der Waals surface area contributed by atoms with Crippen molar-refractivity contribution in [2.45, 2.75) is 50.7 Å². The molecular weight excluding hydrogens is 270 g/mol. The van der Waals surface area contributed by atoms with Crippen LogP contribution in [0.15, 0.2) is 18.2 Å². The molecule has 2 atom stereocenters. The summed E-state index contributed by atoms with van der Waals surface area (Å²) in [5.74, 6) is -1.15. The van der Waals surface area contributed by atoms with Gasteiger partial charge in [0.25, 0.3) is 0 Å². The smallest absolute Gasteiger partial charge is 0.313 e. The minimum absolute atomic E-state index is 0.0447. The maximum absolute atomic E-state index is 13.3. The molecule has 0 aromatic heterocycles. The zero-order valence-corrected chi connectivity index (χ0v) is 11.4. The summed E-state index contributed by atoms with van der Waals surface area (Å²) in [5.41, 5.74) is -0.569. The fraction of sp³-hybridized carbons (Fsp3) is 0.600. The van der Waals surface area contributed by atoms with Gasteiger partial charge in [-0.15, -0.1) is 0 Å². The molecule has 112 valence electrons. The maximum Gasteiger partial charge on any atom is 0.419 e. The first-order valence-electron chi connectivity index (χ1n) is 7.03. The lowest BCUT2D eigenvalue weighted by Crippen LogP contribution is -2.31. The van der Waals surface area contributed by atoms with Crippen LogP contribution in [0.1, 0.15) is 49.7 Å². The Labute approximate surface area is 116 Å². The van der Waals surface area contributed by atoms with Crippen molar-refractivity contribution in [1.29, 1.82) is 0 Å². The Kier molecular flexibility index (Phi) is 4.68. The van der Waals surface area contributed by atoms with Crippen LogP contribution in [-0.2, 0) is 6.18 Å². The molecule has 0 heterocycles. The zero-order valence-electron chi connectivity index (χ0n) is 11.4. The van der Waals surface area contributed by atoms with Crippen LogP contribution in [0.3, 0.4) is 0 Å². The summed E-state index contributed by atoms with van der Waals surface area (Å²) in [4.78, 5) is 0. The molecule has 1 saturated carbocycles. The molecule has 2 unspecified atom stereocenters. The van der Waals surface area contributed by atoms with Crippen molar-refractivity contribution in [2.24, 2.45) is 0 Å². The minimum atomic E-state index is -4.63. The lowest BCUT2D eigenvalue weighted by molar-refractivity contribution is -0.140. The Morgan fingerprint density at radius 3 is 2.65 bits per heavy atom. The highest BCUT2D eigenvalue weighted by Crippen LogP contribution is 2.38. The number of benzene rings is 1. The average Bonchev–Trinajstić information content (AvgIpc) is 2.84.